The van der Waals surface area contributed by atoms with Crippen LogP contribution in [-0.4, -0.2) is 6.29 Å². The number of carbonyl (C=O) groups is 1. The number of aryl methyl sites for hydroxylation is 1. The van der Waals surface area contributed by atoms with E-state index < -0.39 is 0 Å². The summed E-state index contributed by atoms with van der Waals surface area (Å²) in [6, 6.07) is 10.9. The molecule has 0 N–H and O–H groups in total. The average molecular weight is 230 g/mol. The van der Waals surface area contributed by atoms with Crippen molar-refractivity contribution >= 4 is 6.29 Å². The monoisotopic (exact) mass is 230 g/mol. The van der Waals surface area contributed by atoms with Crippen LogP contribution in [0.2, 0.25) is 0 Å². The van der Waals surface area contributed by atoms with Gasteiger partial charge in [0.15, 0.2) is 0 Å². The van der Waals surface area contributed by atoms with Crippen LogP contribution in [0.15, 0.2) is 42.5 Å². The Balaban J connectivity index is 2.28. The van der Waals surface area contributed by atoms with Gasteiger partial charge in [-0.25, -0.2) is 4.39 Å². The minimum Gasteiger partial charge on any atom is -0.457 e. The minimum atomic E-state index is -0.310. The van der Waals surface area contributed by atoms with Gasteiger partial charge >= 0.3 is 0 Å². The molecule has 0 radical (unpaired) electrons. The van der Waals surface area contributed by atoms with Crippen molar-refractivity contribution in [1.29, 1.82) is 0 Å². The summed E-state index contributed by atoms with van der Waals surface area (Å²) < 4.78 is 18.3. The molecular weight excluding hydrogens is 219 g/mol. The van der Waals surface area contributed by atoms with Crippen LogP contribution in [0.1, 0.15) is 15.9 Å². The fourth-order valence-electron chi connectivity index (χ4n) is 1.43. The van der Waals surface area contributed by atoms with E-state index in [0.29, 0.717) is 17.1 Å². The zero-order valence-electron chi connectivity index (χ0n) is 9.31. The predicted molar refractivity (Wildman–Crippen MR) is 63.0 cm³/mol. The first-order valence-corrected chi connectivity index (χ1v) is 5.18. The van der Waals surface area contributed by atoms with Crippen molar-refractivity contribution in [2.75, 3.05) is 0 Å². The van der Waals surface area contributed by atoms with E-state index >= 15 is 0 Å². The smallest absolute Gasteiger partial charge is 0.150 e. The summed E-state index contributed by atoms with van der Waals surface area (Å²) in [5.41, 5.74) is 1.47. The molecule has 0 fully saturated rings. The van der Waals surface area contributed by atoms with E-state index in [-0.39, 0.29) is 5.82 Å². The van der Waals surface area contributed by atoms with Gasteiger partial charge < -0.3 is 4.74 Å². The number of hydrogen-bond donors (Lipinski definition) is 0. The molecule has 0 heterocycles. The number of aldehydes is 1. The second-order valence-corrected chi connectivity index (χ2v) is 3.70. The molecular formula is C14H11FO2. The highest BCUT2D eigenvalue weighted by Crippen LogP contribution is 2.25. The summed E-state index contributed by atoms with van der Waals surface area (Å²) in [5, 5.41) is 0. The SMILES string of the molecule is Cc1ccc(C=O)cc1Oc1ccc(F)cc1. The summed E-state index contributed by atoms with van der Waals surface area (Å²) in [4.78, 5) is 10.7. The van der Waals surface area contributed by atoms with Crippen molar-refractivity contribution in [2.24, 2.45) is 0 Å². The fourth-order valence-corrected chi connectivity index (χ4v) is 1.43. The first-order chi connectivity index (χ1) is 8.19. The molecule has 2 aromatic carbocycles. The van der Waals surface area contributed by atoms with Crippen molar-refractivity contribution in [3.63, 3.8) is 0 Å². The normalized spacial score (nSPS) is 10.0. The molecule has 0 spiro atoms. The summed E-state index contributed by atoms with van der Waals surface area (Å²) in [6.45, 7) is 1.88. The number of hydrogen-bond acceptors (Lipinski definition) is 2. The number of benzene rings is 2. The maximum Gasteiger partial charge on any atom is 0.150 e. The van der Waals surface area contributed by atoms with Crippen LogP contribution >= 0.6 is 0 Å². The van der Waals surface area contributed by atoms with Gasteiger partial charge in [-0.2, -0.15) is 0 Å². The standard InChI is InChI=1S/C14H11FO2/c1-10-2-3-11(9-16)8-14(10)17-13-6-4-12(15)5-7-13/h2-9H,1H3. The van der Waals surface area contributed by atoms with E-state index in [1.807, 2.05) is 13.0 Å². The Hall–Kier alpha value is -2.16. The molecule has 86 valence electrons. The Bertz CT molecular complexity index is 532. The van der Waals surface area contributed by atoms with Gasteiger partial charge in [-0.1, -0.05) is 12.1 Å². The average Bonchev–Trinajstić information content (AvgIpc) is 2.35. The van der Waals surface area contributed by atoms with E-state index in [1.54, 1.807) is 24.3 Å². The van der Waals surface area contributed by atoms with E-state index in [4.69, 9.17) is 4.74 Å². The van der Waals surface area contributed by atoms with Gasteiger partial charge in [0.2, 0.25) is 0 Å². The molecule has 0 aliphatic carbocycles. The van der Waals surface area contributed by atoms with Gasteiger partial charge in [0, 0.05) is 5.56 Å². The Kier molecular flexibility index (Phi) is 3.19. The van der Waals surface area contributed by atoms with Crippen LogP contribution in [0.3, 0.4) is 0 Å². The highest BCUT2D eigenvalue weighted by atomic mass is 19.1. The summed E-state index contributed by atoms with van der Waals surface area (Å²) in [7, 11) is 0. The van der Waals surface area contributed by atoms with E-state index in [2.05, 4.69) is 0 Å². The second-order valence-electron chi connectivity index (χ2n) is 3.70. The van der Waals surface area contributed by atoms with Crippen LogP contribution < -0.4 is 4.74 Å². The van der Waals surface area contributed by atoms with Crippen LogP contribution in [0.5, 0.6) is 11.5 Å². The number of rotatable bonds is 3. The minimum absolute atomic E-state index is 0.310. The lowest BCUT2D eigenvalue weighted by Gasteiger charge is -2.08. The second kappa shape index (κ2) is 4.78. The molecule has 17 heavy (non-hydrogen) atoms. The lowest BCUT2D eigenvalue weighted by atomic mass is 10.1. The lowest BCUT2D eigenvalue weighted by molar-refractivity contribution is 0.112. The van der Waals surface area contributed by atoms with Crippen LogP contribution in [0, 0.1) is 12.7 Å². The zero-order valence-corrected chi connectivity index (χ0v) is 9.31. The van der Waals surface area contributed by atoms with Gasteiger partial charge in [0.05, 0.1) is 0 Å². The third kappa shape index (κ3) is 2.69. The molecule has 0 atom stereocenters. The molecule has 0 saturated heterocycles. The summed E-state index contributed by atoms with van der Waals surface area (Å²) in [6.07, 6.45) is 0.761. The van der Waals surface area contributed by atoms with Crippen LogP contribution in [0.25, 0.3) is 0 Å². The van der Waals surface area contributed by atoms with Crippen molar-refractivity contribution < 1.29 is 13.9 Å². The molecule has 2 rings (SSSR count). The molecule has 0 saturated carbocycles. The molecule has 0 unspecified atom stereocenters. The third-order valence-corrected chi connectivity index (χ3v) is 2.39. The first kappa shape index (κ1) is 11.3. The molecule has 0 amide bonds. The van der Waals surface area contributed by atoms with Gasteiger partial charge in [-0.3, -0.25) is 4.79 Å². The highest BCUT2D eigenvalue weighted by molar-refractivity contribution is 5.75. The van der Waals surface area contributed by atoms with E-state index in [0.717, 1.165) is 11.8 Å². The first-order valence-electron chi connectivity index (χ1n) is 5.18. The fraction of sp³-hybridized carbons (Fsp3) is 0.0714. The van der Waals surface area contributed by atoms with Crippen molar-refractivity contribution in [3.05, 3.63) is 59.4 Å². The summed E-state index contributed by atoms with van der Waals surface area (Å²) >= 11 is 0. The lowest BCUT2D eigenvalue weighted by Crippen LogP contribution is -1.90. The van der Waals surface area contributed by atoms with E-state index in [9.17, 15) is 9.18 Å². The molecule has 2 aromatic rings. The maximum absolute atomic E-state index is 12.7. The quantitative estimate of drug-likeness (QED) is 0.751. The molecule has 3 heteroatoms. The molecule has 0 aliphatic heterocycles. The molecule has 0 bridgehead atoms. The van der Waals surface area contributed by atoms with Crippen LogP contribution in [-0.2, 0) is 0 Å². The van der Waals surface area contributed by atoms with Gasteiger partial charge in [0.1, 0.15) is 23.6 Å². The highest BCUT2D eigenvalue weighted by Gasteiger charge is 2.03. The Morgan fingerprint density at radius 1 is 1.12 bits per heavy atom. The van der Waals surface area contributed by atoms with Crippen molar-refractivity contribution in [3.8, 4) is 11.5 Å². The number of halogens is 1. The molecule has 2 nitrogen and oxygen atoms in total. The third-order valence-electron chi connectivity index (χ3n) is 2.39. The Morgan fingerprint density at radius 3 is 2.47 bits per heavy atom. The number of ether oxygens (including phenoxy) is 1. The summed E-state index contributed by atoms with van der Waals surface area (Å²) in [5.74, 6) is 0.828. The van der Waals surface area contributed by atoms with Crippen molar-refractivity contribution in [2.45, 2.75) is 6.92 Å². The Morgan fingerprint density at radius 2 is 1.82 bits per heavy atom. The van der Waals surface area contributed by atoms with Crippen LogP contribution in [0.4, 0.5) is 4.39 Å². The van der Waals surface area contributed by atoms with Crippen molar-refractivity contribution in [1.82, 2.24) is 0 Å². The van der Waals surface area contributed by atoms with Gasteiger partial charge in [0.25, 0.3) is 0 Å². The molecule has 0 aliphatic rings. The van der Waals surface area contributed by atoms with Gasteiger partial charge in [-0.15, -0.1) is 0 Å². The zero-order chi connectivity index (χ0) is 12.3. The topological polar surface area (TPSA) is 26.3 Å². The van der Waals surface area contributed by atoms with E-state index in [1.165, 1.54) is 12.1 Å². The largest absolute Gasteiger partial charge is 0.457 e. The number of carbonyl (C=O) groups excluding carboxylic acids is 1. The predicted octanol–water partition coefficient (Wildman–Crippen LogP) is 3.74. The Labute approximate surface area is 98.7 Å². The maximum atomic E-state index is 12.7. The van der Waals surface area contributed by atoms with Gasteiger partial charge in [-0.05, 0) is 42.8 Å². The molecule has 0 aromatic heterocycles.